The average Bonchev–Trinajstić information content (AvgIpc) is 1.84. The summed E-state index contributed by atoms with van der Waals surface area (Å²) < 4.78 is 34.6. The van der Waals surface area contributed by atoms with Crippen molar-refractivity contribution in [3.8, 4) is 0 Å². The van der Waals surface area contributed by atoms with Crippen molar-refractivity contribution in [1.29, 1.82) is 0 Å². The fourth-order valence-corrected chi connectivity index (χ4v) is 0.347. The molecular formula is C6H7F3O. The largest absolute Gasteiger partial charge is 0.309 e. The van der Waals surface area contributed by atoms with Crippen LogP contribution < -0.4 is 0 Å². The predicted molar refractivity (Wildman–Crippen MR) is 30.2 cm³/mol. The van der Waals surface area contributed by atoms with Crippen LogP contribution in [-0.4, -0.2) is 5.78 Å². The highest BCUT2D eigenvalue weighted by Gasteiger charge is 2.18. The summed E-state index contributed by atoms with van der Waals surface area (Å²) in [6.45, 7) is 2.70. The highest BCUT2D eigenvalue weighted by Crippen LogP contribution is 2.14. The zero-order valence-electron chi connectivity index (χ0n) is 5.62. The van der Waals surface area contributed by atoms with Crippen LogP contribution in [0.1, 0.15) is 13.8 Å². The molecule has 4 heteroatoms. The van der Waals surface area contributed by atoms with E-state index in [9.17, 15) is 18.0 Å². The summed E-state index contributed by atoms with van der Waals surface area (Å²) >= 11 is 0. The molecule has 0 atom stereocenters. The topological polar surface area (TPSA) is 17.1 Å². The first-order valence-electron chi connectivity index (χ1n) is 2.71. The molecule has 0 radical (unpaired) electrons. The summed E-state index contributed by atoms with van der Waals surface area (Å²) in [7, 11) is 0. The molecule has 0 saturated carbocycles. The molecule has 10 heavy (non-hydrogen) atoms. The predicted octanol–water partition coefficient (Wildman–Crippen LogP) is 2.29. The fraction of sp³-hybridized carbons (Fsp3) is 0.500. The molecule has 0 N–H and O–H groups in total. The Morgan fingerprint density at radius 2 is 1.60 bits per heavy atom. The first-order valence-corrected chi connectivity index (χ1v) is 2.71. The van der Waals surface area contributed by atoms with Crippen molar-refractivity contribution in [2.75, 3.05) is 0 Å². The Kier molecular flexibility index (Phi) is 3.12. The van der Waals surface area contributed by atoms with Crippen LogP contribution in [0.5, 0.6) is 0 Å². The number of Topliss-reactive ketones (excluding diaryl/α,β-unsaturated/α-hetero) is 1. The van der Waals surface area contributed by atoms with Gasteiger partial charge in [-0.1, -0.05) is 13.8 Å². The van der Waals surface area contributed by atoms with Gasteiger partial charge in [-0.15, -0.1) is 0 Å². The van der Waals surface area contributed by atoms with Gasteiger partial charge in [0, 0.05) is 5.92 Å². The molecule has 0 aromatic heterocycles. The van der Waals surface area contributed by atoms with Crippen molar-refractivity contribution in [1.82, 2.24) is 0 Å². The van der Waals surface area contributed by atoms with E-state index < -0.39 is 23.6 Å². The van der Waals surface area contributed by atoms with E-state index in [0.29, 0.717) is 0 Å². The highest BCUT2D eigenvalue weighted by atomic mass is 19.3. The summed E-state index contributed by atoms with van der Waals surface area (Å²) in [6, 6.07) is 0. The summed E-state index contributed by atoms with van der Waals surface area (Å²) in [6.07, 6.45) is -2.54. The summed E-state index contributed by atoms with van der Waals surface area (Å²) in [5.74, 6) is -3.79. The molecule has 0 saturated heterocycles. The molecule has 0 unspecified atom stereocenters. The van der Waals surface area contributed by atoms with E-state index in [2.05, 4.69) is 0 Å². The molecule has 0 amide bonds. The lowest BCUT2D eigenvalue weighted by molar-refractivity contribution is -0.120. The van der Waals surface area contributed by atoms with Crippen LogP contribution in [0.15, 0.2) is 11.9 Å². The summed E-state index contributed by atoms with van der Waals surface area (Å²) in [4.78, 5) is 10.4. The SMILES string of the molecule is CC(C)C(=O)C(F)=C(F)F. The number of hydrogen-bond acceptors (Lipinski definition) is 1. The standard InChI is InChI=1S/C6H7F3O/c1-3(2)5(10)4(7)6(8)9/h3H,1-2H3. The van der Waals surface area contributed by atoms with E-state index >= 15 is 0 Å². The van der Waals surface area contributed by atoms with Crippen molar-refractivity contribution in [3.05, 3.63) is 11.9 Å². The maximum Gasteiger partial charge on any atom is 0.309 e. The molecular weight excluding hydrogens is 145 g/mol. The van der Waals surface area contributed by atoms with Crippen LogP contribution in [-0.2, 0) is 4.79 Å². The van der Waals surface area contributed by atoms with E-state index in [4.69, 9.17) is 0 Å². The minimum Gasteiger partial charge on any atom is -0.291 e. The maximum absolute atomic E-state index is 11.9. The Bertz CT molecular complexity index is 168. The molecule has 0 spiro atoms. The number of allylic oxidation sites excluding steroid dienone is 1. The molecule has 0 heterocycles. The molecule has 0 rings (SSSR count). The van der Waals surface area contributed by atoms with Gasteiger partial charge in [-0.25, -0.2) is 0 Å². The Morgan fingerprint density at radius 3 is 1.70 bits per heavy atom. The van der Waals surface area contributed by atoms with Crippen LogP contribution in [0.25, 0.3) is 0 Å². The van der Waals surface area contributed by atoms with E-state index in [-0.39, 0.29) is 0 Å². The summed E-state index contributed by atoms with van der Waals surface area (Å²) in [5, 5.41) is 0. The normalized spacial score (nSPS) is 9.80. The maximum atomic E-state index is 11.9. The third-order valence-corrected chi connectivity index (χ3v) is 0.907. The van der Waals surface area contributed by atoms with Crippen LogP contribution in [0.3, 0.4) is 0 Å². The van der Waals surface area contributed by atoms with Crippen LogP contribution in [0, 0.1) is 5.92 Å². The molecule has 0 aromatic carbocycles. The monoisotopic (exact) mass is 152 g/mol. The van der Waals surface area contributed by atoms with Crippen molar-refractivity contribution in [3.63, 3.8) is 0 Å². The van der Waals surface area contributed by atoms with E-state index in [1.165, 1.54) is 13.8 Å². The Labute approximate surface area is 56.5 Å². The van der Waals surface area contributed by atoms with Gasteiger partial charge in [0.1, 0.15) is 0 Å². The second-order valence-electron chi connectivity index (χ2n) is 2.09. The summed E-state index contributed by atoms with van der Waals surface area (Å²) in [5.41, 5.74) is 0. The molecule has 58 valence electrons. The van der Waals surface area contributed by atoms with Crippen molar-refractivity contribution in [2.24, 2.45) is 5.92 Å². The molecule has 0 aliphatic rings. The van der Waals surface area contributed by atoms with E-state index in [1.807, 2.05) is 0 Å². The van der Waals surface area contributed by atoms with Crippen molar-refractivity contribution >= 4 is 5.78 Å². The van der Waals surface area contributed by atoms with Gasteiger partial charge in [0.25, 0.3) is 0 Å². The van der Waals surface area contributed by atoms with Gasteiger partial charge in [0.15, 0.2) is 5.78 Å². The number of ketones is 1. The van der Waals surface area contributed by atoms with E-state index in [0.717, 1.165) is 0 Å². The first-order chi connectivity index (χ1) is 4.46. The smallest absolute Gasteiger partial charge is 0.291 e. The minimum absolute atomic E-state index is 0.721. The lowest BCUT2D eigenvalue weighted by Gasteiger charge is -1.97. The lowest BCUT2D eigenvalue weighted by Crippen LogP contribution is -2.07. The van der Waals surface area contributed by atoms with Crippen LogP contribution >= 0.6 is 0 Å². The van der Waals surface area contributed by atoms with Gasteiger partial charge < -0.3 is 0 Å². The number of rotatable bonds is 2. The minimum atomic E-state index is -2.54. The molecule has 0 fully saturated rings. The van der Waals surface area contributed by atoms with Crippen molar-refractivity contribution < 1.29 is 18.0 Å². The Balaban J connectivity index is 4.38. The van der Waals surface area contributed by atoms with E-state index in [1.54, 1.807) is 0 Å². The number of hydrogen-bond donors (Lipinski definition) is 0. The number of carbonyl (C=O) groups is 1. The Hall–Kier alpha value is -0.800. The van der Waals surface area contributed by atoms with Gasteiger partial charge in [0.05, 0.1) is 0 Å². The first kappa shape index (κ1) is 9.20. The Morgan fingerprint density at radius 1 is 1.20 bits per heavy atom. The molecule has 0 aliphatic heterocycles. The second-order valence-corrected chi connectivity index (χ2v) is 2.09. The zero-order valence-corrected chi connectivity index (χ0v) is 5.62. The van der Waals surface area contributed by atoms with Gasteiger partial charge in [0.2, 0.25) is 5.83 Å². The van der Waals surface area contributed by atoms with Crippen LogP contribution in [0.4, 0.5) is 13.2 Å². The number of carbonyl (C=O) groups excluding carboxylic acids is 1. The van der Waals surface area contributed by atoms with Gasteiger partial charge in [-0.2, -0.15) is 13.2 Å². The van der Waals surface area contributed by atoms with Crippen LogP contribution in [0.2, 0.25) is 0 Å². The number of halogens is 3. The molecule has 0 aromatic rings. The fourth-order valence-electron chi connectivity index (χ4n) is 0.347. The third kappa shape index (κ3) is 2.21. The quantitative estimate of drug-likeness (QED) is 0.555. The van der Waals surface area contributed by atoms with Gasteiger partial charge >= 0.3 is 6.08 Å². The lowest BCUT2D eigenvalue weighted by atomic mass is 10.1. The van der Waals surface area contributed by atoms with Gasteiger partial charge in [-0.3, -0.25) is 4.79 Å². The average molecular weight is 152 g/mol. The molecule has 0 aliphatic carbocycles. The molecule has 1 nitrogen and oxygen atoms in total. The second kappa shape index (κ2) is 3.39. The van der Waals surface area contributed by atoms with Gasteiger partial charge in [-0.05, 0) is 0 Å². The zero-order chi connectivity index (χ0) is 8.31. The third-order valence-electron chi connectivity index (χ3n) is 0.907. The molecule has 0 bridgehead atoms. The van der Waals surface area contributed by atoms with Crippen molar-refractivity contribution in [2.45, 2.75) is 13.8 Å². The highest BCUT2D eigenvalue weighted by molar-refractivity contribution is 5.94.